The van der Waals surface area contributed by atoms with E-state index >= 15 is 0 Å². The molecule has 1 aromatic rings. The van der Waals surface area contributed by atoms with Gasteiger partial charge in [-0.05, 0) is 35.8 Å². The Balaban J connectivity index is 2.32. The maximum Gasteiger partial charge on any atom is 0.246 e. The molecule has 1 N–H and O–H groups in total. The molecule has 2 unspecified atom stereocenters. The minimum absolute atomic E-state index is 0.0301. The Morgan fingerprint density at radius 1 is 1.24 bits per heavy atom. The molecule has 1 saturated heterocycles. The zero-order valence-corrected chi connectivity index (χ0v) is 14.2. The highest BCUT2D eigenvalue weighted by Gasteiger charge is 2.43. The van der Waals surface area contributed by atoms with E-state index in [1.807, 2.05) is 40.0 Å². The molecule has 2 heterocycles. The quantitative estimate of drug-likeness (QED) is 0.929. The summed E-state index contributed by atoms with van der Waals surface area (Å²) in [5, 5.41) is 4.93. The molecule has 4 nitrogen and oxygen atoms in total. The van der Waals surface area contributed by atoms with Crippen LogP contribution in [0.15, 0.2) is 11.4 Å². The van der Waals surface area contributed by atoms with Gasteiger partial charge in [-0.25, -0.2) is 0 Å². The molecular weight excluding hydrogens is 284 g/mol. The minimum Gasteiger partial charge on any atom is -0.342 e. The van der Waals surface area contributed by atoms with Crippen LogP contribution < -0.4 is 5.32 Å². The van der Waals surface area contributed by atoms with Crippen LogP contribution in [0, 0.1) is 18.8 Å². The largest absolute Gasteiger partial charge is 0.342 e. The smallest absolute Gasteiger partial charge is 0.246 e. The lowest BCUT2D eigenvalue weighted by Gasteiger charge is -2.42. The summed E-state index contributed by atoms with van der Waals surface area (Å²) < 4.78 is 0. The third-order valence-corrected chi connectivity index (χ3v) is 5.04. The molecule has 1 aliphatic rings. The molecule has 0 radical (unpaired) electrons. The van der Waals surface area contributed by atoms with Crippen LogP contribution >= 0.6 is 11.3 Å². The summed E-state index contributed by atoms with van der Waals surface area (Å²) in [5.41, 5.74) is 1.18. The van der Waals surface area contributed by atoms with Gasteiger partial charge in [0, 0.05) is 4.88 Å². The lowest BCUT2D eigenvalue weighted by molar-refractivity contribution is -0.153. The van der Waals surface area contributed by atoms with Crippen molar-refractivity contribution in [3.63, 3.8) is 0 Å². The summed E-state index contributed by atoms with van der Waals surface area (Å²) in [7, 11) is 0. The average Bonchev–Trinajstić information content (AvgIpc) is 2.78. The highest BCUT2D eigenvalue weighted by molar-refractivity contribution is 7.10. The lowest BCUT2D eigenvalue weighted by atomic mass is 9.92. The number of amides is 2. The second-order valence-corrected chi connectivity index (χ2v) is 7.41. The van der Waals surface area contributed by atoms with E-state index in [9.17, 15) is 9.59 Å². The highest BCUT2D eigenvalue weighted by Crippen LogP contribution is 2.25. The fourth-order valence-corrected chi connectivity index (χ4v) is 3.67. The molecule has 2 amide bonds. The van der Waals surface area contributed by atoms with Crippen molar-refractivity contribution in [2.75, 3.05) is 0 Å². The number of piperazine rings is 1. The molecule has 1 aromatic heterocycles. The molecular formula is C16H24N2O2S. The van der Waals surface area contributed by atoms with E-state index in [0.717, 1.165) is 4.88 Å². The van der Waals surface area contributed by atoms with Gasteiger partial charge >= 0.3 is 0 Å². The summed E-state index contributed by atoms with van der Waals surface area (Å²) in [6.07, 6.45) is 0. The van der Waals surface area contributed by atoms with Gasteiger partial charge < -0.3 is 10.2 Å². The van der Waals surface area contributed by atoms with Crippen LogP contribution in [0.25, 0.3) is 0 Å². The molecule has 116 valence electrons. The summed E-state index contributed by atoms with van der Waals surface area (Å²) in [5.74, 6) is 0.206. The Bertz CT molecular complexity index is 536. The van der Waals surface area contributed by atoms with E-state index < -0.39 is 6.04 Å². The zero-order valence-electron chi connectivity index (χ0n) is 13.3. The number of hydrogen-bond donors (Lipinski definition) is 1. The lowest BCUT2D eigenvalue weighted by Crippen LogP contribution is -2.65. The molecule has 1 aliphatic heterocycles. The maximum absolute atomic E-state index is 12.8. The van der Waals surface area contributed by atoms with Crippen molar-refractivity contribution >= 4 is 23.2 Å². The molecule has 1 fully saturated rings. The van der Waals surface area contributed by atoms with E-state index in [1.54, 1.807) is 16.2 Å². The number of carbonyl (C=O) groups excluding carboxylic acids is 2. The van der Waals surface area contributed by atoms with Crippen LogP contribution in [0.3, 0.4) is 0 Å². The number of nitrogens with one attached hydrogen (secondary N) is 1. The van der Waals surface area contributed by atoms with Crippen molar-refractivity contribution in [3.05, 3.63) is 21.9 Å². The van der Waals surface area contributed by atoms with Gasteiger partial charge in [0.05, 0.1) is 6.54 Å². The van der Waals surface area contributed by atoms with Crippen molar-refractivity contribution in [1.82, 2.24) is 10.2 Å². The first-order valence-corrected chi connectivity index (χ1v) is 8.34. The Hall–Kier alpha value is -1.36. The predicted molar refractivity (Wildman–Crippen MR) is 85.0 cm³/mol. The van der Waals surface area contributed by atoms with Gasteiger partial charge in [-0.2, -0.15) is 0 Å². The van der Waals surface area contributed by atoms with E-state index in [2.05, 4.69) is 11.4 Å². The van der Waals surface area contributed by atoms with Gasteiger partial charge in [-0.3, -0.25) is 9.59 Å². The van der Waals surface area contributed by atoms with Crippen molar-refractivity contribution in [3.8, 4) is 0 Å². The summed E-state index contributed by atoms with van der Waals surface area (Å²) in [4.78, 5) is 28.1. The van der Waals surface area contributed by atoms with E-state index in [4.69, 9.17) is 0 Å². The Labute approximate surface area is 130 Å². The van der Waals surface area contributed by atoms with E-state index in [0.29, 0.717) is 6.54 Å². The monoisotopic (exact) mass is 308 g/mol. The number of thiophene rings is 1. The molecule has 0 aliphatic carbocycles. The van der Waals surface area contributed by atoms with Crippen LogP contribution in [0.5, 0.6) is 0 Å². The number of aryl methyl sites for hydroxylation is 1. The molecule has 0 bridgehead atoms. The van der Waals surface area contributed by atoms with Crippen LogP contribution in [-0.2, 0) is 16.1 Å². The second kappa shape index (κ2) is 6.18. The second-order valence-electron chi connectivity index (χ2n) is 6.41. The zero-order chi connectivity index (χ0) is 15.7. The molecule has 0 aromatic carbocycles. The molecule has 2 atom stereocenters. The van der Waals surface area contributed by atoms with E-state index in [-0.39, 0.29) is 29.7 Å². The average molecular weight is 308 g/mol. The van der Waals surface area contributed by atoms with Gasteiger partial charge in [0.25, 0.3) is 0 Å². The summed E-state index contributed by atoms with van der Waals surface area (Å²) in [6.45, 7) is 10.5. The summed E-state index contributed by atoms with van der Waals surface area (Å²) >= 11 is 1.64. The molecule has 5 heteroatoms. The van der Waals surface area contributed by atoms with Crippen molar-refractivity contribution in [1.29, 1.82) is 0 Å². The van der Waals surface area contributed by atoms with Crippen LogP contribution in [0.2, 0.25) is 0 Å². The van der Waals surface area contributed by atoms with Crippen LogP contribution in [0.4, 0.5) is 0 Å². The Kier molecular flexibility index (Phi) is 4.71. The van der Waals surface area contributed by atoms with E-state index in [1.165, 1.54) is 5.56 Å². The normalized spacial score (nSPS) is 23.1. The fourth-order valence-electron chi connectivity index (χ4n) is 2.77. The van der Waals surface area contributed by atoms with Crippen molar-refractivity contribution in [2.24, 2.45) is 11.8 Å². The first-order valence-electron chi connectivity index (χ1n) is 7.46. The standard InChI is InChI=1S/C16H24N2O2S/c1-9(2)13-16(20)18(8-12-11(5)6-7-21-12)14(10(3)4)15(19)17-13/h6-7,9-10,13-14H,8H2,1-5H3,(H,17,19). The SMILES string of the molecule is Cc1ccsc1CN1C(=O)C(C(C)C)NC(=O)C1C(C)C. The van der Waals surface area contributed by atoms with Crippen molar-refractivity contribution < 1.29 is 9.59 Å². The van der Waals surface area contributed by atoms with Crippen LogP contribution in [-0.4, -0.2) is 28.8 Å². The maximum atomic E-state index is 12.8. The van der Waals surface area contributed by atoms with Gasteiger partial charge in [0.1, 0.15) is 12.1 Å². The van der Waals surface area contributed by atoms with Gasteiger partial charge in [-0.15, -0.1) is 11.3 Å². The Morgan fingerprint density at radius 2 is 1.90 bits per heavy atom. The first kappa shape index (κ1) is 16.0. The topological polar surface area (TPSA) is 49.4 Å². The van der Waals surface area contributed by atoms with Gasteiger partial charge in [0.2, 0.25) is 11.8 Å². The number of carbonyl (C=O) groups is 2. The minimum atomic E-state index is -0.409. The van der Waals surface area contributed by atoms with Crippen LogP contribution in [0.1, 0.15) is 38.1 Å². The van der Waals surface area contributed by atoms with Crippen molar-refractivity contribution in [2.45, 2.75) is 53.2 Å². The predicted octanol–water partition coefficient (Wildman–Crippen LogP) is 2.56. The van der Waals surface area contributed by atoms with Gasteiger partial charge in [-0.1, -0.05) is 27.7 Å². The number of nitrogens with zero attached hydrogens (tertiary/aromatic N) is 1. The third-order valence-electron chi connectivity index (χ3n) is 4.03. The summed E-state index contributed by atoms with van der Waals surface area (Å²) in [6, 6.07) is 1.26. The first-order chi connectivity index (χ1) is 9.82. The Morgan fingerprint density at radius 3 is 2.38 bits per heavy atom. The highest BCUT2D eigenvalue weighted by atomic mass is 32.1. The van der Waals surface area contributed by atoms with Gasteiger partial charge in [0.15, 0.2) is 0 Å². The number of rotatable bonds is 4. The fraction of sp³-hybridized carbons (Fsp3) is 0.625. The molecule has 2 rings (SSSR count). The molecule has 0 saturated carbocycles. The molecule has 0 spiro atoms. The third kappa shape index (κ3) is 3.12. The molecule has 21 heavy (non-hydrogen) atoms. The number of hydrogen-bond acceptors (Lipinski definition) is 3.